The molecule has 0 unspecified atom stereocenters. The molecule has 0 spiro atoms. The zero-order valence-electron chi connectivity index (χ0n) is 8.27. The lowest BCUT2D eigenvalue weighted by Gasteiger charge is -1.91. The van der Waals surface area contributed by atoms with Gasteiger partial charge in [-0.1, -0.05) is 0 Å². The third kappa shape index (κ3) is 1.22. The molecule has 0 bridgehead atoms. The number of nitrogens with zero attached hydrogens (tertiary/aromatic N) is 1. The number of nitrogen functional groups attached to an aromatic ring is 1. The lowest BCUT2D eigenvalue weighted by molar-refractivity contribution is 0.476. The molecule has 5 nitrogen and oxygen atoms in total. The number of aromatic nitrogens is 2. The number of nitrogens with two attached hydrogens (primary N) is 1. The maximum Gasteiger partial charge on any atom is 0.155 e. The average molecular weight is 215 g/mol. The zero-order chi connectivity index (χ0) is 11.1. The Balaban J connectivity index is 2.23. The van der Waals surface area contributed by atoms with Crippen molar-refractivity contribution in [2.75, 3.05) is 5.73 Å². The van der Waals surface area contributed by atoms with Crippen LogP contribution in [0, 0.1) is 0 Å². The van der Waals surface area contributed by atoms with Gasteiger partial charge in [0.1, 0.15) is 17.0 Å². The van der Waals surface area contributed by atoms with Gasteiger partial charge in [0, 0.05) is 5.39 Å². The molecule has 0 amide bonds. The summed E-state index contributed by atoms with van der Waals surface area (Å²) >= 11 is 0. The number of furan rings is 1. The van der Waals surface area contributed by atoms with E-state index in [0.29, 0.717) is 22.7 Å². The topological polar surface area (TPSA) is 88.1 Å². The normalized spacial score (nSPS) is 11.0. The third-order valence-electron chi connectivity index (χ3n) is 2.41. The lowest BCUT2D eigenvalue weighted by atomic mass is 10.2. The molecule has 3 rings (SSSR count). The number of anilines is 1. The van der Waals surface area contributed by atoms with Crippen LogP contribution in [0.15, 0.2) is 34.9 Å². The summed E-state index contributed by atoms with van der Waals surface area (Å²) in [6, 6.07) is 6.72. The van der Waals surface area contributed by atoms with E-state index in [1.165, 1.54) is 6.20 Å². The highest BCUT2D eigenvalue weighted by atomic mass is 16.3. The van der Waals surface area contributed by atoms with Crippen molar-refractivity contribution in [3.63, 3.8) is 0 Å². The van der Waals surface area contributed by atoms with Crippen LogP contribution in [0.1, 0.15) is 0 Å². The van der Waals surface area contributed by atoms with E-state index in [9.17, 15) is 5.11 Å². The Morgan fingerprint density at radius 3 is 2.94 bits per heavy atom. The molecule has 3 aromatic rings. The van der Waals surface area contributed by atoms with Gasteiger partial charge in [-0.05, 0) is 24.3 Å². The van der Waals surface area contributed by atoms with Crippen molar-refractivity contribution in [1.82, 2.24) is 10.2 Å². The molecular formula is C11H9N3O2. The molecule has 1 aromatic carbocycles. The second kappa shape index (κ2) is 3.03. The zero-order valence-corrected chi connectivity index (χ0v) is 8.27. The Morgan fingerprint density at radius 1 is 1.31 bits per heavy atom. The fraction of sp³-hybridized carbons (Fsp3) is 0. The van der Waals surface area contributed by atoms with Gasteiger partial charge in [-0.15, -0.1) is 0 Å². The Kier molecular flexibility index (Phi) is 1.67. The van der Waals surface area contributed by atoms with Gasteiger partial charge in [0.05, 0.1) is 11.9 Å². The van der Waals surface area contributed by atoms with E-state index in [4.69, 9.17) is 10.2 Å². The number of phenols is 1. The van der Waals surface area contributed by atoms with Gasteiger partial charge >= 0.3 is 0 Å². The van der Waals surface area contributed by atoms with Crippen LogP contribution in [-0.2, 0) is 0 Å². The van der Waals surface area contributed by atoms with Crippen molar-refractivity contribution in [1.29, 1.82) is 0 Å². The number of rotatable bonds is 1. The largest absolute Gasteiger partial charge is 0.508 e. The molecule has 0 aliphatic carbocycles. The number of hydrogen-bond donors (Lipinski definition) is 3. The lowest BCUT2D eigenvalue weighted by Crippen LogP contribution is -1.84. The molecule has 2 heterocycles. The first-order valence-corrected chi connectivity index (χ1v) is 4.76. The van der Waals surface area contributed by atoms with Crippen molar-refractivity contribution in [3.8, 4) is 17.2 Å². The quantitative estimate of drug-likeness (QED) is 0.580. The predicted molar refractivity (Wildman–Crippen MR) is 59.9 cm³/mol. The average Bonchev–Trinajstić information content (AvgIpc) is 2.82. The van der Waals surface area contributed by atoms with Gasteiger partial charge in [-0.25, -0.2) is 0 Å². The number of H-pyrrole nitrogens is 1. The van der Waals surface area contributed by atoms with E-state index in [1.54, 1.807) is 24.3 Å². The highest BCUT2D eigenvalue weighted by Crippen LogP contribution is 2.31. The summed E-state index contributed by atoms with van der Waals surface area (Å²) in [6.07, 6.45) is 1.53. The molecule has 0 atom stereocenters. The minimum atomic E-state index is 0.206. The predicted octanol–water partition coefficient (Wildman–Crippen LogP) is 2.11. The minimum Gasteiger partial charge on any atom is -0.508 e. The van der Waals surface area contributed by atoms with Crippen LogP contribution < -0.4 is 5.73 Å². The van der Waals surface area contributed by atoms with Crippen molar-refractivity contribution in [2.24, 2.45) is 0 Å². The van der Waals surface area contributed by atoms with E-state index >= 15 is 0 Å². The number of hydrogen-bond acceptors (Lipinski definition) is 4. The first kappa shape index (κ1) is 8.84. The molecule has 80 valence electrons. The van der Waals surface area contributed by atoms with Crippen LogP contribution in [-0.4, -0.2) is 15.3 Å². The smallest absolute Gasteiger partial charge is 0.155 e. The molecule has 0 fully saturated rings. The molecule has 0 radical (unpaired) electrons. The number of nitrogens with one attached hydrogen (secondary N) is 1. The second-order valence-electron chi connectivity index (χ2n) is 3.53. The van der Waals surface area contributed by atoms with Gasteiger partial charge < -0.3 is 15.3 Å². The number of aromatic hydroxyl groups is 1. The van der Waals surface area contributed by atoms with Gasteiger partial charge in [-0.2, -0.15) is 5.10 Å². The summed E-state index contributed by atoms with van der Waals surface area (Å²) in [4.78, 5) is 0. The Labute approximate surface area is 90.5 Å². The monoisotopic (exact) mass is 215 g/mol. The first-order valence-electron chi connectivity index (χ1n) is 4.76. The summed E-state index contributed by atoms with van der Waals surface area (Å²) in [5.41, 5.74) is 7.60. The highest BCUT2D eigenvalue weighted by molar-refractivity contribution is 5.85. The van der Waals surface area contributed by atoms with Crippen molar-refractivity contribution in [2.45, 2.75) is 0 Å². The summed E-state index contributed by atoms with van der Waals surface area (Å²) in [5, 5.41) is 16.8. The summed E-state index contributed by atoms with van der Waals surface area (Å²) in [6.45, 7) is 0. The fourth-order valence-corrected chi connectivity index (χ4v) is 1.65. The molecule has 0 aliphatic rings. The van der Waals surface area contributed by atoms with Crippen molar-refractivity contribution < 1.29 is 9.52 Å². The highest BCUT2D eigenvalue weighted by Gasteiger charge is 2.10. The maximum atomic E-state index is 9.34. The van der Waals surface area contributed by atoms with Gasteiger partial charge in [0.25, 0.3) is 0 Å². The molecule has 5 heteroatoms. The summed E-state index contributed by atoms with van der Waals surface area (Å²) < 4.78 is 5.59. The van der Waals surface area contributed by atoms with Crippen LogP contribution in [0.4, 0.5) is 5.69 Å². The van der Waals surface area contributed by atoms with Gasteiger partial charge in [-0.3, -0.25) is 5.10 Å². The summed E-state index contributed by atoms with van der Waals surface area (Å²) in [7, 11) is 0. The molecular weight excluding hydrogens is 206 g/mol. The maximum absolute atomic E-state index is 9.34. The molecule has 0 aliphatic heterocycles. The molecule has 2 aromatic heterocycles. The fourth-order valence-electron chi connectivity index (χ4n) is 1.65. The van der Waals surface area contributed by atoms with E-state index in [-0.39, 0.29) is 5.75 Å². The number of benzene rings is 1. The van der Waals surface area contributed by atoms with Crippen LogP contribution in [0.2, 0.25) is 0 Å². The third-order valence-corrected chi connectivity index (χ3v) is 2.41. The van der Waals surface area contributed by atoms with Crippen LogP contribution >= 0.6 is 0 Å². The van der Waals surface area contributed by atoms with Crippen LogP contribution in [0.3, 0.4) is 0 Å². The molecule has 0 saturated heterocycles. The van der Waals surface area contributed by atoms with E-state index in [0.717, 1.165) is 5.39 Å². The molecule has 4 N–H and O–H groups in total. The van der Waals surface area contributed by atoms with E-state index < -0.39 is 0 Å². The first-order chi connectivity index (χ1) is 7.74. The molecule has 0 saturated carbocycles. The Bertz CT molecular complexity index is 654. The Morgan fingerprint density at radius 2 is 2.19 bits per heavy atom. The number of phenolic OH excluding ortho intramolecular Hbond substituents is 1. The van der Waals surface area contributed by atoms with Gasteiger partial charge in [0.2, 0.25) is 0 Å². The van der Waals surface area contributed by atoms with E-state index in [2.05, 4.69) is 10.2 Å². The van der Waals surface area contributed by atoms with Crippen molar-refractivity contribution >= 4 is 16.7 Å². The molecule has 16 heavy (non-hydrogen) atoms. The SMILES string of the molecule is Nc1cn[nH]c1-c1cc2cc(O)ccc2o1. The van der Waals surface area contributed by atoms with E-state index in [1.807, 2.05) is 0 Å². The summed E-state index contributed by atoms with van der Waals surface area (Å²) in [5.74, 6) is 0.813. The van der Waals surface area contributed by atoms with Crippen molar-refractivity contribution in [3.05, 3.63) is 30.5 Å². The van der Waals surface area contributed by atoms with Gasteiger partial charge in [0.15, 0.2) is 5.76 Å². The van der Waals surface area contributed by atoms with Crippen LogP contribution in [0.25, 0.3) is 22.4 Å². The number of fused-ring (bicyclic) bond motifs is 1. The Hall–Kier alpha value is -2.43. The van der Waals surface area contributed by atoms with Crippen LogP contribution in [0.5, 0.6) is 5.75 Å². The second-order valence-corrected chi connectivity index (χ2v) is 3.53. The number of aromatic amines is 1. The standard InChI is InChI=1S/C11H9N3O2/c12-8-5-13-14-11(8)10-4-6-3-7(15)1-2-9(6)16-10/h1-5,15H,12H2,(H,13,14). The minimum absolute atomic E-state index is 0.206.